The Kier molecular flexibility index (Phi) is 4.99. The lowest BCUT2D eigenvalue weighted by molar-refractivity contribution is 0.0697. The topological polar surface area (TPSA) is 40.5 Å². The maximum atomic E-state index is 10.7. The molecule has 1 aromatic carbocycles. The Hall–Kier alpha value is -1.35. The number of nitrogens with zero attached hydrogens (tertiary/aromatic N) is 1. The maximum Gasteiger partial charge on any atom is 0.335 e. The number of likely N-dealkylation sites (N-methyl/N-ethyl adjacent to an activating group) is 1. The van der Waals surface area contributed by atoms with Crippen molar-refractivity contribution in [1.29, 1.82) is 0 Å². The summed E-state index contributed by atoms with van der Waals surface area (Å²) in [4.78, 5) is 13.0. The van der Waals surface area contributed by atoms with Crippen LogP contribution < -0.4 is 0 Å². The Labute approximate surface area is 96.7 Å². The Bertz CT molecular complexity index is 328. The molecule has 0 spiro atoms. The summed E-state index contributed by atoms with van der Waals surface area (Å²) in [6, 6.07) is 7.12. The van der Waals surface area contributed by atoms with Crippen LogP contribution in [0, 0.1) is 0 Å². The van der Waals surface area contributed by atoms with Gasteiger partial charge in [0, 0.05) is 6.54 Å². The van der Waals surface area contributed by atoms with Gasteiger partial charge in [-0.05, 0) is 37.2 Å². The van der Waals surface area contributed by atoms with Gasteiger partial charge >= 0.3 is 5.97 Å². The Morgan fingerprint density at radius 3 is 2.19 bits per heavy atom. The minimum Gasteiger partial charge on any atom is -0.478 e. The van der Waals surface area contributed by atoms with E-state index < -0.39 is 5.97 Å². The van der Waals surface area contributed by atoms with Crippen LogP contribution in [0.1, 0.15) is 29.8 Å². The zero-order valence-corrected chi connectivity index (χ0v) is 9.94. The minimum atomic E-state index is -0.865. The molecule has 1 aromatic rings. The molecule has 3 heteroatoms. The third kappa shape index (κ3) is 3.66. The number of rotatable bonds is 6. The second kappa shape index (κ2) is 6.28. The third-order valence-electron chi connectivity index (χ3n) is 2.81. The standard InChI is InChI=1S/C13H19NO2/c1-3-14(4-2)10-9-11-5-7-12(8-6-11)13(15)16/h5-8H,3-4,9-10H2,1-2H3,(H,15,16). The minimum absolute atomic E-state index is 0.353. The molecular formula is C13H19NO2. The quantitative estimate of drug-likeness (QED) is 0.801. The SMILES string of the molecule is CCN(CC)CCc1ccc(C(=O)O)cc1. The molecule has 0 saturated heterocycles. The van der Waals surface area contributed by atoms with Crippen LogP contribution in [0.15, 0.2) is 24.3 Å². The van der Waals surface area contributed by atoms with Crippen molar-refractivity contribution in [2.45, 2.75) is 20.3 Å². The van der Waals surface area contributed by atoms with Crippen molar-refractivity contribution >= 4 is 5.97 Å². The number of benzene rings is 1. The highest BCUT2D eigenvalue weighted by molar-refractivity contribution is 5.87. The maximum absolute atomic E-state index is 10.7. The molecule has 0 amide bonds. The van der Waals surface area contributed by atoms with E-state index in [0.717, 1.165) is 26.1 Å². The molecule has 0 aliphatic rings. The van der Waals surface area contributed by atoms with Crippen molar-refractivity contribution in [3.05, 3.63) is 35.4 Å². The first-order chi connectivity index (χ1) is 7.67. The fraction of sp³-hybridized carbons (Fsp3) is 0.462. The van der Waals surface area contributed by atoms with Crippen LogP contribution in [-0.4, -0.2) is 35.6 Å². The average Bonchev–Trinajstić information content (AvgIpc) is 2.31. The monoisotopic (exact) mass is 221 g/mol. The molecule has 3 nitrogen and oxygen atoms in total. The molecule has 88 valence electrons. The molecule has 0 saturated carbocycles. The highest BCUT2D eigenvalue weighted by atomic mass is 16.4. The van der Waals surface area contributed by atoms with Gasteiger partial charge in [0.15, 0.2) is 0 Å². The summed E-state index contributed by atoms with van der Waals surface area (Å²) in [5.74, 6) is -0.865. The van der Waals surface area contributed by atoms with Gasteiger partial charge in [-0.25, -0.2) is 4.79 Å². The number of hydrogen-bond acceptors (Lipinski definition) is 2. The van der Waals surface area contributed by atoms with E-state index in [0.29, 0.717) is 5.56 Å². The molecule has 0 atom stereocenters. The average molecular weight is 221 g/mol. The molecule has 0 radical (unpaired) electrons. The van der Waals surface area contributed by atoms with Gasteiger partial charge < -0.3 is 10.0 Å². The van der Waals surface area contributed by atoms with Crippen molar-refractivity contribution in [3.63, 3.8) is 0 Å². The summed E-state index contributed by atoms with van der Waals surface area (Å²) in [5.41, 5.74) is 1.54. The summed E-state index contributed by atoms with van der Waals surface area (Å²) < 4.78 is 0. The lowest BCUT2D eigenvalue weighted by Crippen LogP contribution is -2.25. The third-order valence-corrected chi connectivity index (χ3v) is 2.81. The first-order valence-corrected chi connectivity index (χ1v) is 5.72. The molecule has 0 aromatic heterocycles. The molecule has 1 N–H and O–H groups in total. The lowest BCUT2D eigenvalue weighted by Gasteiger charge is -2.17. The Morgan fingerprint density at radius 1 is 1.19 bits per heavy atom. The van der Waals surface area contributed by atoms with E-state index in [1.165, 1.54) is 5.56 Å². The molecule has 0 aliphatic heterocycles. The molecule has 0 unspecified atom stereocenters. The molecule has 1 rings (SSSR count). The van der Waals surface area contributed by atoms with Gasteiger partial charge in [0.1, 0.15) is 0 Å². The molecule has 0 bridgehead atoms. The van der Waals surface area contributed by atoms with Gasteiger partial charge in [-0.15, -0.1) is 0 Å². The van der Waals surface area contributed by atoms with Crippen molar-refractivity contribution < 1.29 is 9.90 Å². The molecule has 0 heterocycles. The Morgan fingerprint density at radius 2 is 1.75 bits per heavy atom. The van der Waals surface area contributed by atoms with Gasteiger partial charge in [0.2, 0.25) is 0 Å². The van der Waals surface area contributed by atoms with Gasteiger partial charge in [-0.1, -0.05) is 26.0 Å². The number of carbonyl (C=O) groups is 1. The van der Waals surface area contributed by atoms with Crippen LogP contribution in [0.25, 0.3) is 0 Å². The summed E-state index contributed by atoms with van der Waals surface area (Å²) >= 11 is 0. The molecular weight excluding hydrogens is 202 g/mol. The van der Waals surface area contributed by atoms with E-state index in [-0.39, 0.29) is 0 Å². The van der Waals surface area contributed by atoms with Crippen LogP contribution in [0.4, 0.5) is 0 Å². The predicted octanol–water partition coefficient (Wildman–Crippen LogP) is 2.27. The molecule has 0 aliphatic carbocycles. The Balaban J connectivity index is 2.52. The lowest BCUT2D eigenvalue weighted by atomic mass is 10.1. The summed E-state index contributed by atoms with van der Waals surface area (Å²) in [6.45, 7) is 7.45. The van der Waals surface area contributed by atoms with E-state index in [4.69, 9.17) is 5.11 Å². The molecule has 16 heavy (non-hydrogen) atoms. The van der Waals surface area contributed by atoms with Crippen molar-refractivity contribution in [2.24, 2.45) is 0 Å². The van der Waals surface area contributed by atoms with Crippen LogP contribution in [0.5, 0.6) is 0 Å². The molecule has 0 fully saturated rings. The number of carboxylic acid groups (broad SMARTS) is 1. The normalized spacial score (nSPS) is 10.7. The van der Waals surface area contributed by atoms with Gasteiger partial charge in [0.05, 0.1) is 5.56 Å². The van der Waals surface area contributed by atoms with Crippen molar-refractivity contribution in [2.75, 3.05) is 19.6 Å². The number of hydrogen-bond donors (Lipinski definition) is 1. The summed E-state index contributed by atoms with van der Waals surface area (Å²) in [5, 5.41) is 8.76. The van der Waals surface area contributed by atoms with Crippen LogP contribution >= 0.6 is 0 Å². The smallest absolute Gasteiger partial charge is 0.335 e. The van der Waals surface area contributed by atoms with E-state index in [1.807, 2.05) is 12.1 Å². The predicted molar refractivity (Wildman–Crippen MR) is 64.9 cm³/mol. The van der Waals surface area contributed by atoms with Gasteiger partial charge in [-0.2, -0.15) is 0 Å². The van der Waals surface area contributed by atoms with Gasteiger partial charge in [-0.3, -0.25) is 0 Å². The first kappa shape index (κ1) is 12.7. The van der Waals surface area contributed by atoms with E-state index in [9.17, 15) is 4.79 Å². The fourth-order valence-corrected chi connectivity index (χ4v) is 1.64. The summed E-state index contributed by atoms with van der Waals surface area (Å²) in [6.07, 6.45) is 0.974. The van der Waals surface area contributed by atoms with Gasteiger partial charge in [0.25, 0.3) is 0 Å². The number of carboxylic acids is 1. The van der Waals surface area contributed by atoms with Crippen molar-refractivity contribution in [1.82, 2.24) is 4.90 Å². The highest BCUT2D eigenvalue weighted by Crippen LogP contribution is 2.06. The number of aromatic carboxylic acids is 1. The second-order valence-corrected chi connectivity index (χ2v) is 3.78. The summed E-state index contributed by atoms with van der Waals surface area (Å²) in [7, 11) is 0. The first-order valence-electron chi connectivity index (χ1n) is 5.72. The highest BCUT2D eigenvalue weighted by Gasteiger charge is 2.03. The van der Waals surface area contributed by atoms with Crippen LogP contribution in [-0.2, 0) is 6.42 Å². The van der Waals surface area contributed by atoms with E-state index >= 15 is 0 Å². The zero-order valence-electron chi connectivity index (χ0n) is 9.94. The second-order valence-electron chi connectivity index (χ2n) is 3.78. The van der Waals surface area contributed by atoms with E-state index in [2.05, 4.69) is 18.7 Å². The van der Waals surface area contributed by atoms with Crippen LogP contribution in [0.3, 0.4) is 0 Å². The van der Waals surface area contributed by atoms with E-state index in [1.54, 1.807) is 12.1 Å². The zero-order chi connectivity index (χ0) is 12.0. The fourth-order valence-electron chi connectivity index (χ4n) is 1.64. The van der Waals surface area contributed by atoms with Crippen molar-refractivity contribution in [3.8, 4) is 0 Å². The largest absolute Gasteiger partial charge is 0.478 e. The van der Waals surface area contributed by atoms with Crippen LogP contribution in [0.2, 0.25) is 0 Å².